The van der Waals surface area contributed by atoms with Crippen LogP contribution < -0.4 is 0 Å². The quantitative estimate of drug-likeness (QED) is 0.749. The number of hydrogen-bond donors (Lipinski definition) is 1. The Bertz CT molecular complexity index is 830. The lowest BCUT2D eigenvalue weighted by molar-refractivity contribution is 0.0440. The van der Waals surface area contributed by atoms with Gasteiger partial charge in [0.05, 0.1) is 12.7 Å². The van der Waals surface area contributed by atoms with Crippen molar-refractivity contribution >= 4 is 22.8 Å². The van der Waals surface area contributed by atoms with Crippen LogP contribution >= 0.6 is 0 Å². The number of carbonyl (C=O) groups is 2. The Morgan fingerprint density at radius 3 is 2.77 bits per heavy atom. The fraction of sp³-hybridized carbons (Fsp3) is 0.125. The number of benzene rings is 1. The fourth-order valence-electron chi connectivity index (χ4n) is 2.12. The molecule has 0 bridgehead atoms. The van der Waals surface area contributed by atoms with E-state index in [1.54, 1.807) is 12.3 Å². The van der Waals surface area contributed by atoms with Crippen LogP contribution in [-0.2, 0) is 16.1 Å². The van der Waals surface area contributed by atoms with E-state index in [0.717, 1.165) is 10.9 Å². The highest BCUT2D eigenvalue weighted by atomic mass is 16.5. The van der Waals surface area contributed by atoms with Crippen LogP contribution in [0.25, 0.3) is 10.9 Å². The number of aromatic amines is 1. The predicted octanol–water partition coefficient (Wildman–Crippen LogP) is 2.90. The second-order valence-corrected chi connectivity index (χ2v) is 4.58. The van der Waals surface area contributed by atoms with Gasteiger partial charge in [-0.2, -0.15) is 0 Å². The summed E-state index contributed by atoms with van der Waals surface area (Å²) in [4.78, 5) is 26.4. The second-order valence-electron chi connectivity index (χ2n) is 4.58. The lowest BCUT2D eigenvalue weighted by Gasteiger charge is -2.01. The average molecular weight is 299 g/mol. The van der Waals surface area contributed by atoms with Gasteiger partial charge in [0.15, 0.2) is 0 Å². The summed E-state index contributed by atoms with van der Waals surface area (Å²) in [5.41, 5.74) is 1.32. The molecule has 2 aromatic heterocycles. The number of methoxy groups -OCH3 is 1. The molecule has 0 radical (unpaired) electrons. The van der Waals surface area contributed by atoms with E-state index < -0.39 is 11.9 Å². The SMILES string of the molecule is COC(=O)c1ccc(COC(=O)c2c[nH]c3ccccc23)o1. The van der Waals surface area contributed by atoms with Crippen LogP contribution in [0.4, 0.5) is 0 Å². The normalized spacial score (nSPS) is 10.6. The second kappa shape index (κ2) is 5.77. The van der Waals surface area contributed by atoms with E-state index in [9.17, 15) is 9.59 Å². The third kappa shape index (κ3) is 2.58. The van der Waals surface area contributed by atoms with Crippen LogP contribution in [0.15, 0.2) is 47.0 Å². The van der Waals surface area contributed by atoms with Crippen LogP contribution in [0.2, 0.25) is 0 Å². The van der Waals surface area contributed by atoms with Gasteiger partial charge in [0.2, 0.25) is 5.76 Å². The van der Waals surface area contributed by atoms with Crippen molar-refractivity contribution in [1.82, 2.24) is 4.98 Å². The molecule has 3 aromatic rings. The van der Waals surface area contributed by atoms with Crippen molar-refractivity contribution in [3.8, 4) is 0 Å². The Kier molecular flexibility index (Phi) is 3.65. The van der Waals surface area contributed by atoms with Crippen molar-refractivity contribution in [2.45, 2.75) is 6.61 Å². The number of carbonyl (C=O) groups excluding carboxylic acids is 2. The van der Waals surface area contributed by atoms with Gasteiger partial charge < -0.3 is 18.9 Å². The molecule has 2 heterocycles. The molecular weight excluding hydrogens is 286 g/mol. The lowest BCUT2D eigenvalue weighted by Crippen LogP contribution is -2.04. The summed E-state index contributed by atoms with van der Waals surface area (Å²) in [6.45, 7) is -0.0602. The van der Waals surface area contributed by atoms with Crippen molar-refractivity contribution < 1.29 is 23.5 Å². The maximum Gasteiger partial charge on any atom is 0.373 e. The maximum absolute atomic E-state index is 12.1. The minimum Gasteiger partial charge on any atom is -0.463 e. The van der Waals surface area contributed by atoms with Crippen LogP contribution in [0.1, 0.15) is 26.7 Å². The van der Waals surface area contributed by atoms with Crippen molar-refractivity contribution in [3.05, 3.63) is 59.7 Å². The molecule has 6 heteroatoms. The van der Waals surface area contributed by atoms with Gasteiger partial charge >= 0.3 is 11.9 Å². The molecule has 0 atom stereocenters. The van der Waals surface area contributed by atoms with Gasteiger partial charge in [-0.25, -0.2) is 9.59 Å². The molecule has 0 amide bonds. The van der Waals surface area contributed by atoms with Crippen molar-refractivity contribution in [2.75, 3.05) is 7.11 Å². The Hall–Kier alpha value is -3.02. The molecule has 1 aromatic carbocycles. The summed E-state index contributed by atoms with van der Waals surface area (Å²) in [6, 6.07) is 10.5. The zero-order chi connectivity index (χ0) is 15.5. The third-order valence-corrected chi connectivity index (χ3v) is 3.20. The number of furan rings is 1. The number of nitrogens with one attached hydrogen (secondary N) is 1. The first-order chi connectivity index (χ1) is 10.7. The maximum atomic E-state index is 12.1. The van der Waals surface area contributed by atoms with Crippen molar-refractivity contribution in [2.24, 2.45) is 0 Å². The molecule has 6 nitrogen and oxygen atoms in total. The number of aromatic nitrogens is 1. The van der Waals surface area contributed by atoms with Crippen LogP contribution in [0.3, 0.4) is 0 Å². The largest absolute Gasteiger partial charge is 0.463 e. The van der Waals surface area contributed by atoms with E-state index in [-0.39, 0.29) is 12.4 Å². The minimum absolute atomic E-state index is 0.0602. The molecule has 1 N–H and O–H groups in total. The van der Waals surface area contributed by atoms with Gasteiger partial charge in [-0.1, -0.05) is 18.2 Å². The molecule has 0 aliphatic heterocycles. The fourth-order valence-corrected chi connectivity index (χ4v) is 2.12. The molecule has 112 valence electrons. The van der Waals surface area contributed by atoms with Crippen molar-refractivity contribution in [1.29, 1.82) is 0 Å². The van der Waals surface area contributed by atoms with E-state index in [0.29, 0.717) is 11.3 Å². The summed E-state index contributed by atoms with van der Waals surface area (Å²) in [5, 5.41) is 0.794. The van der Waals surface area contributed by atoms with Gasteiger partial charge in [-0.15, -0.1) is 0 Å². The molecule has 0 saturated heterocycles. The van der Waals surface area contributed by atoms with Gasteiger partial charge in [0.25, 0.3) is 0 Å². The number of H-pyrrole nitrogens is 1. The zero-order valence-electron chi connectivity index (χ0n) is 11.8. The first kappa shape index (κ1) is 13.9. The highest BCUT2D eigenvalue weighted by molar-refractivity contribution is 6.03. The van der Waals surface area contributed by atoms with Crippen LogP contribution in [-0.4, -0.2) is 24.0 Å². The zero-order valence-corrected chi connectivity index (χ0v) is 11.8. The Labute approximate surface area is 125 Å². The summed E-state index contributed by atoms with van der Waals surface area (Å²) in [7, 11) is 1.27. The smallest absolute Gasteiger partial charge is 0.373 e. The minimum atomic E-state index is -0.575. The third-order valence-electron chi connectivity index (χ3n) is 3.20. The standard InChI is InChI=1S/C16H13NO5/c1-20-16(19)14-7-6-10(22-14)9-21-15(18)12-8-17-13-5-3-2-4-11(12)13/h2-8,17H,9H2,1H3. The number of fused-ring (bicyclic) bond motifs is 1. The summed E-state index contributed by atoms with van der Waals surface area (Å²) < 4.78 is 15.0. The molecule has 0 aliphatic rings. The van der Waals surface area contributed by atoms with E-state index in [2.05, 4.69) is 9.72 Å². The first-order valence-corrected chi connectivity index (χ1v) is 6.59. The average Bonchev–Trinajstić information content (AvgIpc) is 3.18. The number of rotatable bonds is 4. The highest BCUT2D eigenvalue weighted by Gasteiger charge is 2.15. The summed E-state index contributed by atoms with van der Waals surface area (Å²) in [6.07, 6.45) is 1.61. The van der Waals surface area contributed by atoms with Gasteiger partial charge in [-0.3, -0.25) is 0 Å². The molecule has 0 saturated carbocycles. The van der Waals surface area contributed by atoms with Crippen LogP contribution in [0, 0.1) is 0 Å². The molecule has 0 spiro atoms. The predicted molar refractivity (Wildman–Crippen MR) is 77.5 cm³/mol. The molecule has 3 rings (SSSR count). The molecule has 0 aliphatic carbocycles. The van der Waals surface area contributed by atoms with E-state index in [1.807, 2.05) is 24.3 Å². The summed E-state index contributed by atoms with van der Waals surface area (Å²) in [5.74, 6) is -0.600. The van der Waals surface area contributed by atoms with Gasteiger partial charge in [-0.05, 0) is 18.2 Å². The highest BCUT2D eigenvalue weighted by Crippen LogP contribution is 2.19. The van der Waals surface area contributed by atoms with E-state index in [4.69, 9.17) is 9.15 Å². The van der Waals surface area contributed by atoms with E-state index >= 15 is 0 Å². The molecule has 0 fully saturated rings. The topological polar surface area (TPSA) is 81.5 Å². The van der Waals surface area contributed by atoms with E-state index in [1.165, 1.54) is 13.2 Å². The number of ether oxygens (including phenoxy) is 2. The first-order valence-electron chi connectivity index (χ1n) is 6.59. The van der Waals surface area contributed by atoms with Crippen LogP contribution in [0.5, 0.6) is 0 Å². The Morgan fingerprint density at radius 2 is 1.95 bits per heavy atom. The van der Waals surface area contributed by atoms with Gasteiger partial charge in [0.1, 0.15) is 12.4 Å². The Balaban J connectivity index is 1.70. The number of esters is 2. The Morgan fingerprint density at radius 1 is 1.14 bits per heavy atom. The lowest BCUT2D eigenvalue weighted by atomic mass is 10.2. The monoisotopic (exact) mass is 299 g/mol. The van der Waals surface area contributed by atoms with Crippen molar-refractivity contribution in [3.63, 3.8) is 0 Å². The number of para-hydroxylation sites is 1. The molecule has 0 unspecified atom stereocenters. The summed E-state index contributed by atoms with van der Waals surface area (Å²) >= 11 is 0. The number of hydrogen-bond acceptors (Lipinski definition) is 5. The molecule has 22 heavy (non-hydrogen) atoms. The van der Waals surface area contributed by atoms with Gasteiger partial charge in [0, 0.05) is 17.1 Å². The molecular formula is C16H13NO5.